The summed E-state index contributed by atoms with van der Waals surface area (Å²) in [5.41, 5.74) is 3.48. The molecule has 5 heteroatoms. The lowest BCUT2D eigenvalue weighted by atomic mass is 10.1. The van der Waals surface area contributed by atoms with Crippen molar-refractivity contribution in [3.8, 4) is 23.0 Å². The van der Waals surface area contributed by atoms with Crippen molar-refractivity contribution in [1.29, 1.82) is 0 Å². The highest BCUT2D eigenvalue weighted by Gasteiger charge is 2.28. The van der Waals surface area contributed by atoms with Crippen molar-refractivity contribution >= 4 is 11.9 Å². The summed E-state index contributed by atoms with van der Waals surface area (Å²) in [6, 6.07) is 18.9. The van der Waals surface area contributed by atoms with Crippen LogP contribution in [0.1, 0.15) is 27.0 Å². The van der Waals surface area contributed by atoms with Gasteiger partial charge in [0.25, 0.3) is 0 Å². The highest BCUT2D eigenvalue weighted by Crippen LogP contribution is 2.37. The van der Waals surface area contributed by atoms with E-state index in [0.717, 1.165) is 5.56 Å². The lowest BCUT2D eigenvalue weighted by molar-refractivity contribution is 0.101. The van der Waals surface area contributed by atoms with Crippen molar-refractivity contribution in [2.45, 2.75) is 13.5 Å². The normalized spacial score (nSPS) is 13.7. The van der Waals surface area contributed by atoms with Gasteiger partial charge in [-0.2, -0.15) is 0 Å². The van der Waals surface area contributed by atoms with Crippen molar-refractivity contribution < 1.29 is 23.7 Å². The van der Waals surface area contributed by atoms with E-state index < -0.39 is 0 Å². The Balaban J connectivity index is 1.54. The molecule has 4 rings (SSSR count). The smallest absolute Gasteiger partial charge is 0.231 e. The van der Waals surface area contributed by atoms with Gasteiger partial charge in [0.1, 0.15) is 18.1 Å². The van der Waals surface area contributed by atoms with Crippen LogP contribution in [0.5, 0.6) is 23.0 Å². The van der Waals surface area contributed by atoms with Crippen molar-refractivity contribution in [3.05, 3.63) is 88.7 Å². The molecule has 0 saturated carbocycles. The van der Waals surface area contributed by atoms with E-state index in [2.05, 4.69) is 0 Å². The van der Waals surface area contributed by atoms with E-state index in [4.69, 9.17) is 18.9 Å². The molecule has 3 aromatic carbocycles. The second kappa shape index (κ2) is 8.33. The second-order valence-electron chi connectivity index (χ2n) is 6.95. The zero-order valence-electron chi connectivity index (χ0n) is 17.1. The predicted molar refractivity (Wildman–Crippen MR) is 114 cm³/mol. The van der Waals surface area contributed by atoms with E-state index in [9.17, 15) is 4.79 Å². The van der Waals surface area contributed by atoms with Gasteiger partial charge in [-0.05, 0) is 36.8 Å². The van der Waals surface area contributed by atoms with E-state index in [1.807, 2.05) is 43.3 Å². The zero-order valence-corrected chi connectivity index (χ0v) is 17.1. The number of para-hydroxylation sites is 1. The number of methoxy groups -OCH3 is 2. The highest BCUT2D eigenvalue weighted by atomic mass is 16.5. The summed E-state index contributed by atoms with van der Waals surface area (Å²) < 4.78 is 22.5. The molecule has 1 aliphatic heterocycles. The molecule has 0 aromatic heterocycles. The molecule has 5 nitrogen and oxygen atoms in total. The molecule has 0 saturated heterocycles. The van der Waals surface area contributed by atoms with E-state index in [0.29, 0.717) is 40.7 Å². The maximum absolute atomic E-state index is 12.8. The molecule has 0 N–H and O–H groups in total. The average molecular weight is 402 g/mol. The first kappa shape index (κ1) is 19.6. The van der Waals surface area contributed by atoms with Crippen LogP contribution in [0.2, 0.25) is 0 Å². The molecule has 152 valence electrons. The van der Waals surface area contributed by atoms with E-state index >= 15 is 0 Å². The van der Waals surface area contributed by atoms with Gasteiger partial charge in [-0.25, -0.2) is 0 Å². The second-order valence-corrected chi connectivity index (χ2v) is 6.95. The van der Waals surface area contributed by atoms with Crippen LogP contribution in [0, 0.1) is 6.92 Å². The number of carbonyl (C=O) groups excluding carboxylic acids is 1. The third-order valence-electron chi connectivity index (χ3n) is 4.89. The first-order valence-electron chi connectivity index (χ1n) is 9.56. The Bertz CT molecular complexity index is 1110. The molecular formula is C25H22O5. The van der Waals surface area contributed by atoms with Crippen LogP contribution in [0.15, 0.2) is 66.4 Å². The van der Waals surface area contributed by atoms with Gasteiger partial charge >= 0.3 is 0 Å². The van der Waals surface area contributed by atoms with E-state index in [-0.39, 0.29) is 11.5 Å². The van der Waals surface area contributed by atoms with Crippen LogP contribution in [-0.4, -0.2) is 20.0 Å². The fourth-order valence-electron chi connectivity index (χ4n) is 3.27. The van der Waals surface area contributed by atoms with Crippen LogP contribution in [0.25, 0.3) is 6.08 Å². The molecule has 1 aliphatic rings. The molecule has 0 bridgehead atoms. The topological polar surface area (TPSA) is 54.0 Å². The minimum absolute atomic E-state index is 0.181. The highest BCUT2D eigenvalue weighted by molar-refractivity contribution is 6.14. The number of carbonyl (C=O) groups is 1. The monoisotopic (exact) mass is 402 g/mol. The number of benzene rings is 3. The van der Waals surface area contributed by atoms with Gasteiger partial charge in [0.2, 0.25) is 5.78 Å². The molecule has 0 unspecified atom stereocenters. The fourth-order valence-corrected chi connectivity index (χ4v) is 3.27. The first-order chi connectivity index (χ1) is 14.6. The predicted octanol–water partition coefficient (Wildman–Crippen LogP) is 5.21. The van der Waals surface area contributed by atoms with E-state index in [1.165, 1.54) is 5.56 Å². The van der Waals surface area contributed by atoms with Crippen molar-refractivity contribution in [1.82, 2.24) is 0 Å². The molecule has 30 heavy (non-hydrogen) atoms. The molecule has 1 heterocycles. The summed E-state index contributed by atoms with van der Waals surface area (Å²) in [4.78, 5) is 12.8. The molecule has 0 atom stereocenters. The number of ether oxygens (including phenoxy) is 4. The lowest BCUT2D eigenvalue weighted by Gasteiger charge is -2.10. The maximum atomic E-state index is 12.8. The fraction of sp³-hybridized carbons (Fsp3) is 0.160. The molecule has 0 fully saturated rings. The number of hydrogen-bond donors (Lipinski definition) is 0. The van der Waals surface area contributed by atoms with Crippen LogP contribution < -0.4 is 18.9 Å². The first-order valence-corrected chi connectivity index (χ1v) is 9.56. The molecule has 0 spiro atoms. The minimum atomic E-state index is -0.181. The number of allylic oxidation sites excluding steroid dienone is 1. The summed E-state index contributed by atoms with van der Waals surface area (Å²) in [6.07, 6.45) is 1.66. The third kappa shape index (κ3) is 3.87. The molecule has 0 aliphatic carbocycles. The summed E-state index contributed by atoms with van der Waals surface area (Å²) in [5.74, 6) is 2.30. The summed E-state index contributed by atoms with van der Waals surface area (Å²) >= 11 is 0. The average Bonchev–Trinajstić information content (AvgIpc) is 3.07. The standard InChI is InChI=1S/C25H22O5/c1-16-7-9-17(10-8-16)15-29-19-11-12-20-22(14-19)30-23(24(20)26)13-18-5-4-6-21(27-2)25(18)28-3/h4-14H,15H2,1-3H3. The molecule has 3 aromatic rings. The van der Waals surface area contributed by atoms with Gasteiger partial charge in [0, 0.05) is 11.6 Å². The summed E-state index contributed by atoms with van der Waals surface area (Å²) in [7, 11) is 3.13. The SMILES string of the molecule is COc1cccc(C=C2Oc3cc(OCc4ccc(C)cc4)ccc3C2=O)c1OC. The number of ketones is 1. The number of Topliss-reactive ketones (excluding diaryl/α,β-unsaturated/α-hetero) is 1. The quantitative estimate of drug-likeness (QED) is 0.530. The van der Waals surface area contributed by atoms with Gasteiger partial charge in [0.05, 0.1) is 19.8 Å². The Morgan fingerprint density at radius 1 is 0.967 bits per heavy atom. The third-order valence-corrected chi connectivity index (χ3v) is 4.89. The van der Waals surface area contributed by atoms with Gasteiger partial charge in [-0.3, -0.25) is 4.79 Å². The Morgan fingerprint density at radius 3 is 2.50 bits per heavy atom. The largest absolute Gasteiger partial charge is 0.493 e. The molecule has 0 amide bonds. The Morgan fingerprint density at radius 2 is 1.77 bits per heavy atom. The Labute approximate surface area is 175 Å². The lowest BCUT2D eigenvalue weighted by Crippen LogP contribution is -1.99. The van der Waals surface area contributed by atoms with Crippen molar-refractivity contribution in [2.75, 3.05) is 14.2 Å². The summed E-state index contributed by atoms with van der Waals surface area (Å²) in [6.45, 7) is 2.49. The number of hydrogen-bond acceptors (Lipinski definition) is 5. The summed E-state index contributed by atoms with van der Waals surface area (Å²) in [5, 5.41) is 0. The number of fused-ring (bicyclic) bond motifs is 1. The molecule has 0 radical (unpaired) electrons. The van der Waals surface area contributed by atoms with Crippen LogP contribution >= 0.6 is 0 Å². The number of rotatable bonds is 6. The number of aryl methyl sites for hydroxylation is 1. The molecular weight excluding hydrogens is 380 g/mol. The Hall–Kier alpha value is -3.73. The van der Waals surface area contributed by atoms with E-state index in [1.54, 1.807) is 44.6 Å². The minimum Gasteiger partial charge on any atom is -0.493 e. The zero-order chi connectivity index (χ0) is 21.1. The van der Waals surface area contributed by atoms with Gasteiger partial charge in [-0.15, -0.1) is 0 Å². The van der Waals surface area contributed by atoms with Crippen molar-refractivity contribution in [2.24, 2.45) is 0 Å². The van der Waals surface area contributed by atoms with Gasteiger partial charge < -0.3 is 18.9 Å². The maximum Gasteiger partial charge on any atom is 0.231 e. The Kier molecular flexibility index (Phi) is 5.44. The van der Waals surface area contributed by atoms with Gasteiger partial charge in [-0.1, -0.05) is 42.0 Å². The van der Waals surface area contributed by atoms with Crippen LogP contribution in [0.4, 0.5) is 0 Å². The van der Waals surface area contributed by atoms with Crippen LogP contribution in [-0.2, 0) is 6.61 Å². The van der Waals surface area contributed by atoms with Crippen LogP contribution in [0.3, 0.4) is 0 Å². The van der Waals surface area contributed by atoms with Crippen molar-refractivity contribution in [3.63, 3.8) is 0 Å². The van der Waals surface area contributed by atoms with Gasteiger partial charge in [0.15, 0.2) is 17.3 Å².